The van der Waals surface area contributed by atoms with Crippen molar-refractivity contribution in [3.05, 3.63) is 58.5 Å². The highest BCUT2D eigenvalue weighted by molar-refractivity contribution is 5.94. The topological polar surface area (TPSA) is 148 Å². The summed E-state index contributed by atoms with van der Waals surface area (Å²) >= 11 is 0. The van der Waals surface area contributed by atoms with Crippen molar-refractivity contribution in [2.75, 3.05) is 19.6 Å². The number of carbonyl (C=O) groups is 2. The van der Waals surface area contributed by atoms with Gasteiger partial charge in [0, 0.05) is 30.7 Å². The van der Waals surface area contributed by atoms with E-state index in [4.69, 9.17) is 4.74 Å². The van der Waals surface area contributed by atoms with Crippen molar-refractivity contribution in [3.8, 4) is 5.82 Å². The minimum absolute atomic E-state index is 0.218. The van der Waals surface area contributed by atoms with Gasteiger partial charge in [-0.15, -0.1) is 15.3 Å². The van der Waals surface area contributed by atoms with E-state index < -0.39 is 11.6 Å². The molecule has 12 heteroatoms. The number of nitrogens with one attached hydrogen (secondary N) is 1. The Hall–Kier alpha value is -3.77. The number of esters is 1. The highest BCUT2D eigenvalue weighted by atomic mass is 16.5. The van der Waals surface area contributed by atoms with Crippen LogP contribution in [-0.2, 0) is 11.3 Å². The summed E-state index contributed by atoms with van der Waals surface area (Å²) in [4.78, 5) is 26.7. The van der Waals surface area contributed by atoms with Crippen molar-refractivity contribution in [3.63, 3.8) is 0 Å². The molecule has 12 nitrogen and oxygen atoms in total. The van der Waals surface area contributed by atoms with Gasteiger partial charge in [-0.3, -0.25) is 4.79 Å². The number of ether oxygens (including phenoxy) is 1. The third kappa shape index (κ3) is 4.62. The van der Waals surface area contributed by atoms with E-state index in [-0.39, 0.29) is 24.2 Å². The average Bonchev–Trinajstić information content (AvgIpc) is 3.52. The molecule has 1 saturated heterocycles. The van der Waals surface area contributed by atoms with E-state index >= 15 is 0 Å². The molecule has 2 N–H and O–H groups in total. The first-order valence-corrected chi connectivity index (χ1v) is 11.4. The minimum atomic E-state index is -0.677. The molecular weight excluding hydrogens is 452 g/mol. The van der Waals surface area contributed by atoms with E-state index in [2.05, 4.69) is 35.9 Å². The second-order valence-electron chi connectivity index (χ2n) is 9.24. The summed E-state index contributed by atoms with van der Waals surface area (Å²) in [7, 11) is 0. The summed E-state index contributed by atoms with van der Waals surface area (Å²) in [6.45, 7) is 6.12. The number of nitrogens with zero attached hydrogens (tertiary/aromatic N) is 7. The summed E-state index contributed by atoms with van der Waals surface area (Å²) in [6, 6.07) is 6.77. The van der Waals surface area contributed by atoms with Crippen molar-refractivity contribution in [2.24, 2.45) is 0 Å². The van der Waals surface area contributed by atoms with Crippen LogP contribution < -0.4 is 5.32 Å². The number of hydrogen-bond acceptors (Lipinski definition) is 10. The normalized spacial score (nSPS) is 18.1. The van der Waals surface area contributed by atoms with Gasteiger partial charge < -0.3 is 20.1 Å². The fourth-order valence-corrected chi connectivity index (χ4v) is 4.60. The number of tetrazole rings is 1. The van der Waals surface area contributed by atoms with Crippen LogP contribution in [0.15, 0.2) is 30.6 Å². The number of β-amino-alcohol motifs (C(OH)–C–C–N with tert-alkyl or cyclic N) is 1. The van der Waals surface area contributed by atoms with Crippen molar-refractivity contribution in [1.29, 1.82) is 0 Å². The quantitative estimate of drug-likeness (QED) is 0.486. The molecule has 182 valence electrons. The Morgan fingerprint density at radius 2 is 2.03 bits per heavy atom. The SMILES string of the molecule is Cc1c(C(O)CN2CCC(C)(NC(=O)c3ccc(-n4cnnn4)nn3)CC2)ccc2c1COC2=O. The van der Waals surface area contributed by atoms with E-state index in [0.717, 1.165) is 42.6 Å². The number of likely N-dealkylation sites (tertiary alicyclic amines) is 1. The van der Waals surface area contributed by atoms with Gasteiger partial charge in [0.05, 0.1) is 11.7 Å². The van der Waals surface area contributed by atoms with Crippen LogP contribution >= 0.6 is 0 Å². The van der Waals surface area contributed by atoms with Crippen LogP contribution in [0.1, 0.15) is 63.4 Å². The van der Waals surface area contributed by atoms with Gasteiger partial charge in [-0.25, -0.2) is 4.79 Å². The predicted molar refractivity (Wildman–Crippen MR) is 122 cm³/mol. The number of fused-ring (bicyclic) bond motifs is 1. The molecular formula is C23H26N8O4. The van der Waals surface area contributed by atoms with Crippen LogP contribution in [0, 0.1) is 6.92 Å². The Morgan fingerprint density at radius 3 is 2.71 bits per heavy atom. The highest BCUT2D eigenvalue weighted by Crippen LogP contribution is 2.30. The third-order valence-corrected chi connectivity index (χ3v) is 6.84. The zero-order chi connectivity index (χ0) is 24.6. The second-order valence-corrected chi connectivity index (χ2v) is 9.24. The number of benzene rings is 1. The molecule has 0 saturated carbocycles. The van der Waals surface area contributed by atoms with Gasteiger partial charge >= 0.3 is 5.97 Å². The summed E-state index contributed by atoms with van der Waals surface area (Å²) in [5.41, 5.74) is 2.98. The molecule has 2 aromatic heterocycles. The van der Waals surface area contributed by atoms with Gasteiger partial charge in [0.2, 0.25) is 0 Å². The van der Waals surface area contributed by atoms with E-state index in [1.165, 1.54) is 11.0 Å². The van der Waals surface area contributed by atoms with Crippen molar-refractivity contribution >= 4 is 11.9 Å². The number of aromatic nitrogens is 6. The fraction of sp³-hybridized carbons (Fsp3) is 0.435. The van der Waals surface area contributed by atoms with Crippen LogP contribution in [0.3, 0.4) is 0 Å². The molecule has 2 aliphatic rings. The summed E-state index contributed by atoms with van der Waals surface area (Å²) in [5, 5.41) is 32.9. The molecule has 1 atom stereocenters. The molecule has 35 heavy (non-hydrogen) atoms. The van der Waals surface area contributed by atoms with E-state index in [0.29, 0.717) is 17.9 Å². The Morgan fingerprint density at radius 1 is 1.23 bits per heavy atom. The van der Waals surface area contributed by atoms with Crippen LogP contribution in [0.4, 0.5) is 0 Å². The number of aliphatic hydroxyl groups is 1. The van der Waals surface area contributed by atoms with Crippen molar-refractivity contribution < 1.29 is 19.4 Å². The number of cyclic esters (lactones) is 1. The molecule has 1 amide bonds. The lowest BCUT2D eigenvalue weighted by atomic mass is 9.88. The highest BCUT2D eigenvalue weighted by Gasteiger charge is 2.33. The smallest absolute Gasteiger partial charge is 0.338 e. The standard InChI is InChI=1S/C23H26N8O4/c1-14-15(3-4-16-17(14)12-35-22(16)34)19(32)11-30-9-7-23(2,8-10-30)25-21(33)18-5-6-20(27-26-18)31-13-24-28-29-31/h3-6,13,19,32H,7-12H2,1-2H3,(H,25,33). The molecule has 4 heterocycles. The molecule has 1 aromatic carbocycles. The number of amides is 1. The Labute approximate surface area is 201 Å². The first-order valence-electron chi connectivity index (χ1n) is 11.4. The Bertz CT molecular complexity index is 1240. The monoisotopic (exact) mass is 478 g/mol. The van der Waals surface area contributed by atoms with Gasteiger partial charge in [-0.05, 0) is 66.4 Å². The van der Waals surface area contributed by atoms with Gasteiger partial charge in [-0.1, -0.05) is 6.07 Å². The second kappa shape index (κ2) is 9.12. The van der Waals surface area contributed by atoms with Crippen molar-refractivity contribution in [1.82, 2.24) is 40.6 Å². The van der Waals surface area contributed by atoms with Crippen LogP contribution in [0.2, 0.25) is 0 Å². The molecule has 1 fully saturated rings. The average molecular weight is 479 g/mol. The van der Waals surface area contributed by atoms with E-state index in [9.17, 15) is 14.7 Å². The van der Waals surface area contributed by atoms with E-state index in [1.54, 1.807) is 18.2 Å². The van der Waals surface area contributed by atoms with Crippen LogP contribution in [0.25, 0.3) is 5.82 Å². The predicted octanol–water partition coefficient (Wildman–Crippen LogP) is 0.749. The maximum atomic E-state index is 12.8. The maximum Gasteiger partial charge on any atom is 0.338 e. The largest absolute Gasteiger partial charge is 0.457 e. The maximum absolute atomic E-state index is 12.8. The first-order chi connectivity index (χ1) is 16.8. The lowest BCUT2D eigenvalue weighted by Crippen LogP contribution is -2.54. The number of carbonyl (C=O) groups excluding carboxylic acids is 2. The lowest BCUT2D eigenvalue weighted by Gasteiger charge is -2.40. The number of hydrogen-bond donors (Lipinski definition) is 2. The summed E-state index contributed by atoms with van der Waals surface area (Å²) in [6.07, 6.45) is 2.18. The number of rotatable bonds is 6. The Kier molecular flexibility index (Phi) is 5.99. The van der Waals surface area contributed by atoms with Gasteiger partial charge in [-0.2, -0.15) is 4.68 Å². The van der Waals surface area contributed by atoms with Gasteiger partial charge in [0.25, 0.3) is 5.91 Å². The van der Waals surface area contributed by atoms with E-state index in [1.807, 2.05) is 19.9 Å². The van der Waals surface area contributed by atoms with Crippen molar-refractivity contribution in [2.45, 2.75) is 44.9 Å². The van der Waals surface area contributed by atoms with Crippen LogP contribution in [0.5, 0.6) is 0 Å². The number of piperidine rings is 1. The number of aliphatic hydroxyl groups excluding tert-OH is 1. The first kappa shape index (κ1) is 23.0. The van der Waals surface area contributed by atoms with Gasteiger partial charge in [0.1, 0.15) is 12.9 Å². The van der Waals surface area contributed by atoms with Gasteiger partial charge in [0.15, 0.2) is 11.5 Å². The third-order valence-electron chi connectivity index (χ3n) is 6.84. The molecule has 3 aromatic rings. The molecule has 1 unspecified atom stereocenters. The molecule has 0 spiro atoms. The molecule has 0 aliphatic carbocycles. The molecule has 0 radical (unpaired) electrons. The summed E-state index contributed by atoms with van der Waals surface area (Å²) in [5.74, 6) is -0.180. The minimum Gasteiger partial charge on any atom is -0.457 e. The zero-order valence-corrected chi connectivity index (χ0v) is 19.5. The molecule has 5 rings (SSSR count). The summed E-state index contributed by atoms with van der Waals surface area (Å²) < 4.78 is 6.47. The lowest BCUT2D eigenvalue weighted by molar-refractivity contribution is 0.0534. The van der Waals surface area contributed by atoms with Crippen LogP contribution in [-0.4, -0.2) is 77.5 Å². The Balaban J connectivity index is 1.16. The molecule has 2 aliphatic heterocycles. The molecule has 0 bridgehead atoms. The zero-order valence-electron chi connectivity index (χ0n) is 19.5. The fourth-order valence-electron chi connectivity index (χ4n) is 4.60.